The minimum atomic E-state index is -0.0744. The number of piperazine rings is 1. The lowest BCUT2D eigenvalue weighted by atomic mass is 10.0. The molecule has 0 aliphatic carbocycles. The maximum absolute atomic E-state index is 14.3. The lowest BCUT2D eigenvalue weighted by Gasteiger charge is -2.38. The Morgan fingerprint density at radius 2 is 1.81 bits per heavy atom. The van der Waals surface area contributed by atoms with Crippen LogP contribution in [0, 0.1) is 5.82 Å². The highest BCUT2D eigenvalue weighted by Gasteiger charge is 2.22. The molecule has 1 fully saturated rings. The Morgan fingerprint density at radius 3 is 2.42 bits per heavy atom. The van der Waals surface area contributed by atoms with Crippen LogP contribution in [0.3, 0.4) is 0 Å². The van der Waals surface area contributed by atoms with E-state index < -0.39 is 0 Å². The molecular formula is C25H37FN4S. The summed E-state index contributed by atoms with van der Waals surface area (Å²) in [6, 6.07) is 6.28. The summed E-state index contributed by atoms with van der Waals surface area (Å²) < 4.78 is 14.3. The van der Waals surface area contributed by atoms with E-state index in [1.165, 1.54) is 5.56 Å². The molecular weight excluding hydrogens is 407 g/mol. The van der Waals surface area contributed by atoms with Crippen molar-refractivity contribution in [1.82, 2.24) is 14.9 Å². The highest BCUT2D eigenvalue weighted by molar-refractivity contribution is 8.12. The van der Waals surface area contributed by atoms with E-state index in [0.29, 0.717) is 6.04 Å². The van der Waals surface area contributed by atoms with Crippen LogP contribution in [0.4, 0.5) is 10.3 Å². The molecule has 1 saturated heterocycles. The number of hydrogen-bond donors (Lipinski definition) is 0. The smallest absolute Gasteiger partial charge is 0.225 e. The van der Waals surface area contributed by atoms with Gasteiger partial charge in [-0.1, -0.05) is 31.3 Å². The number of benzene rings is 1. The summed E-state index contributed by atoms with van der Waals surface area (Å²) in [5.74, 6) is 5.49. The monoisotopic (exact) mass is 444 g/mol. The van der Waals surface area contributed by atoms with E-state index in [1.54, 1.807) is 6.07 Å². The molecule has 0 radical (unpaired) electrons. The molecule has 3 rings (SSSR count). The summed E-state index contributed by atoms with van der Waals surface area (Å²) in [6.45, 7) is 8.49. The average molecular weight is 445 g/mol. The Kier molecular flexibility index (Phi) is 9.02. The van der Waals surface area contributed by atoms with Gasteiger partial charge >= 0.3 is 0 Å². The van der Waals surface area contributed by atoms with Gasteiger partial charge in [0.05, 0.1) is 0 Å². The van der Waals surface area contributed by atoms with Crippen molar-refractivity contribution in [3.05, 3.63) is 53.1 Å². The van der Waals surface area contributed by atoms with Crippen molar-refractivity contribution in [2.45, 2.75) is 57.7 Å². The van der Waals surface area contributed by atoms with Crippen LogP contribution in [0.25, 0.3) is 0 Å². The molecule has 170 valence electrons. The van der Waals surface area contributed by atoms with Crippen LogP contribution >= 0.6 is 10.5 Å². The van der Waals surface area contributed by atoms with E-state index in [9.17, 15) is 4.39 Å². The first-order valence-corrected chi connectivity index (χ1v) is 13.4. The molecule has 1 aliphatic heterocycles. The number of aryl methyl sites for hydroxylation is 2. The van der Waals surface area contributed by atoms with Crippen LogP contribution in [-0.2, 0) is 18.6 Å². The predicted molar refractivity (Wildman–Crippen MR) is 133 cm³/mol. The van der Waals surface area contributed by atoms with Gasteiger partial charge in [0.15, 0.2) is 0 Å². The molecule has 1 aliphatic rings. The molecule has 2 unspecified atom stereocenters. The predicted octanol–water partition coefficient (Wildman–Crippen LogP) is 4.93. The van der Waals surface area contributed by atoms with E-state index in [1.807, 2.05) is 24.7 Å². The van der Waals surface area contributed by atoms with Crippen molar-refractivity contribution in [1.29, 1.82) is 0 Å². The highest BCUT2D eigenvalue weighted by Crippen LogP contribution is 2.20. The molecule has 2 atom stereocenters. The molecule has 0 amide bonds. The van der Waals surface area contributed by atoms with Crippen LogP contribution in [0.5, 0.6) is 0 Å². The van der Waals surface area contributed by atoms with Crippen LogP contribution in [0.15, 0.2) is 30.6 Å². The van der Waals surface area contributed by atoms with Crippen LogP contribution < -0.4 is 4.90 Å². The van der Waals surface area contributed by atoms with Gasteiger partial charge in [-0.25, -0.2) is 14.4 Å². The number of rotatable bonds is 10. The summed E-state index contributed by atoms with van der Waals surface area (Å²) in [5.41, 5.74) is 3.10. The van der Waals surface area contributed by atoms with Crippen molar-refractivity contribution in [2.24, 2.45) is 0 Å². The lowest BCUT2D eigenvalue weighted by Crippen LogP contribution is -2.50. The Bertz CT molecular complexity index is 847. The first-order chi connectivity index (χ1) is 15.0. The SMILES string of the molecule is C=S(C)Cc1ccc(CCCC(C)N2CCN(c3ncc(CCC)cn3)CC2)cc1F. The van der Waals surface area contributed by atoms with Crippen molar-refractivity contribution in [3.8, 4) is 0 Å². The molecule has 1 aromatic heterocycles. The van der Waals surface area contributed by atoms with E-state index in [-0.39, 0.29) is 16.3 Å². The Hall–Kier alpha value is -1.79. The van der Waals surface area contributed by atoms with Gasteiger partial charge in [-0.15, -0.1) is 0 Å². The van der Waals surface area contributed by atoms with Crippen molar-refractivity contribution < 1.29 is 4.39 Å². The Balaban J connectivity index is 1.41. The largest absolute Gasteiger partial charge is 0.338 e. The summed E-state index contributed by atoms with van der Waals surface area (Å²) >= 11 is 0. The van der Waals surface area contributed by atoms with Gasteiger partial charge in [0.1, 0.15) is 5.82 Å². The lowest BCUT2D eigenvalue weighted by molar-refractivity contribution is 0.186. The maximum atomic E-state index is 14.3. The number of halogens is 1. The third kappa shape index (κ3) is 7.11. The number of aromatic nitrogens is 2. The first kappa shape index (κ1) is 23.9. The molecule has 1 aromatic carbocycles. The molecule has 0 N–H and O–H groups in total. The summed E-state index contributed by atoms with van der Waals surface area (Å²) in [7, 11) is -0.0219. The second-order valence-electron chi connectivity index (χ2n) is 8.76. The summed E-state index contributed by atoms with van der Waals surface area (Å²) in [5, 5.41) is 0. The minimum Gasteiger partial charge on any atom is -0.338 e. The number of nitrogens with zero attached hydrogens (tertiary/aromatic N) is 4. The summed E-state index contributed by atoms with van der Waals surface area (Å²) in [4.78, 5) is 14.0. The molecule has 2 heterocycles. The maximum Gasteiger partial charge on any atom is 0.225 e. The zero-order valence-electron chi connectivity index (χ0n) is 19.3. The fourth-order valence-electron chi connectivity index (χ4n) is 4.20. The molecule has 2 aromatic rings. The van der Waals surface area contributed by atoms with Crippen molar-refractivity contribution in [3.63, 3.8) is 0 Å². The van der Waals surface area contributed by atoms with Gasteiger partial charge in [0, 0.05) is 50.4 Å². The molecule has 0 saturated carbocycles. The minimum absolute atomic E-state index is 0.0219. The van der Waals surface area contributed by atoms with Gasteiger partial charge in [0.25, 0.3) is 0 Å². The normalized spacial score (nSPS) is 17.0. The second kappa shape index (κ2) is 11.7. The van der Waals surface area contributed by atoms with Crippen molar-refractivity contribution in [2.75, 3.05) is 37.3 Å². The van der Waals surface area contributed by atoms with E-state index in [4.69, 9.17) is 0 Å². The zero-order chi connectivity index (χ0) is 22.2. The fraction of sp³-hybridized carbons (Fsp3) is 0.560. The number of anilines is 1. The molecule has 6 heteroatoms. The van der Waals surface area contributed by atoms with Crippen LogP contribution in [0.2, 0.25) is 0 Å². The zero-order valence-corrected chi connectivity index (χ0v) is 20.1. The van der Waals surface area contributed by atoms with Crippen molar-refractivity contribution >= 4 is 22.3 Å². The van der Waals surface area contributed by atoms with E-state index in [2.05, 4.69) is 45.6 Å². The number of hydrogen-bond acceptors (Lipinski definition) is 4. The quantitative estimate of drug-likeness (QED) is 0.486. The third-order valence-electron chi connectivity index (χ3n) is 6.06. The van der Waals surface area contributed by atoms with Gasteiger partial charge in [0.2, 0.25) is 5.95 Å². The molecule has 0 spiro atoms. The van der Waals surface area contributed by atoms with Gasteiger partial charge in [-0.05, 0) is 61.6 Å². The second-order valence-corrected chi connectivity index (χ2v) is 10.6. The molecule has 4 nitrogen and oxygen atoms in total. The van der Waals surface area contributed by atoms with Gasteiger partial charge in [-0.2, -0.15) is 10.5 Å². The molecule has 0 bridgehead atoms. The average Bonchev–Trinajstić information content (AvgIpc) is 2.76. The topological polar surface area (TPSA) is 32.3 Å². The Labute approximate surface area is 189 Å². The Morgan fingerprint density at radius 1 is 1.10 bits per heavy atom. The highest BCUT2D eigenvalue weighted by atomic mass is 32.2. The summed E-state index contributed by atoms with van der Waals surface area (Å²) in [6.07, 6.45) is 11.3. The van der Waals surface area contributed by atoms with E-state index >= 15 is 0 Å². The first-order valence-electron chi connectivity index (χ1n) is 11.5. The standard InChI is InChI=1S/C25H37FN4S/c1-5-7-22-17-27-25(28-18-22)30-14-12-29(13-15-30)20(2)8-6-9-21-10-11-23(19-31(3)4)24(26)16-21/h10-11,16-18,20H,3,5-9,12-15,19H2,1-2,4H3. The van der Waals surface area contributed by atoms with Crippen LogP contribution in [0.1, 0.15) is 49.8 Å². The molecule has 31 heavy (non-hydrogen) atoms. The third-order valence-corrected chi connectivity index (χ3v) is 6.86. The van der Waals surface area contributed by atoms with Gasteiger partial charge < -0.3 is 4.90 Å². The van der Waals surface area contributed by atoms with Crippen LogP contribution in [-0.4, -0.2) is 59.2 Å². The van der Waals surface area contributed by atoms with Gasteiger partial charge in [-0.3, -0.25) is 4.90 Å². The van der Waals surface area contributed by atoms with E-state index in [0.717, 1.165) is 81.1 Å². The fourth-order valence-corrected chi connectivity index (χ4v) is 4.97.